The summed E-state index contributed by atoms with van der Waals surface area (Å²) in [6, 6.07) is 8.94. The maximum atomic E-state index is 12.3. The van der Waals surface area contributed by atoms with Crippen LogP contribution in [0.25, 0.3) is 5.69 Å². The second kappa shape index (κ2) is 8.07. The average Bonchev–Trinajstić information content (AvgIpc) is 3.13. The van der Waals surface area contributed by atoms with E-state index in [1.165, 1.54) is 0 Å². The number of hydrogen-bond acceptors (Lipinski definition) is 3. The van der Waals surface area contributed by atoms with E-state index in [0.717, 1.165) is 37.1 Å². The summed E-state index contributed by atoms with van der Waals surface area (Å²) in [5, 5.41) is 15.7. The minimum absolute atomic E-state index is 0.180. The Morgan fingerprint density at radius 2 is 2.04 bits per heavy atom. The first kappa shape index (κ1) is 17.4. The number of ether oxygens (including phenoxy) is 1. The highest BCUT2D eigenvalue weighted by molar-refractivity contribution is 5.90. The zero-order valence-electron chi connectivity index (χ0n) is 14.4. The monoisotopic (exact) mass is 343 g/mol. The van der Waals surface area contributed by atoms with E-state index < -0.39 is 6.10 Å². The molecule has 1 fully saturated rings. The summed E-state index contributed by atoms with van der Waals surface area (Å²) in [4.78, 5) is 12.3. The van der Waals surface area contributed by atoms with Crippen molar-refractivity contribution in [1.82, 2.24) is 9.88 Å². The number of urea groups is 1. The van der Waals surface area contributed by atoms with Gasteiger partial charge in [0.05, 0.1) is 24.4 Å². The van der Waals surface area contributed by atoms with Gasteiger partial charge in [-0.15, -0.1) is 0 Å². The Labute approximate surface area is 147 Å². The van der Waals surface area contributed by atoms with Gasteiger partial charge in [0.2, 0.25) is 0 Å². The molecule has 0 bridgehead atoms. The van der Waals surface area contributed by atoms with Crippen LogP contribution in [0.4, 0.5) is 10.5 Å². The number of benzene rings is 1. The highest BCUT2D eigenvalue weighted by atomic mass is 16.5. The molecule has 0 radical (unpaired) electrons. The minimum atomic E-state index is -0.463. The average molecular weight is 343 g/mol. The molecule has 6 heteroatoms. The molecule has 134 valence electrons. The maximum absolute atomic E-state index is 12.3. The standard InChI is InChI=1S/C19H25N3O3/c1-2-25-18-10-9-14(13-16(18)22-11-5-6-12-22)20-19(24)21-15-7-3-4-8-17(15)23/h5-6,9-13,15,17,23H,2-4,7-8H2,1H3,(H2,20,21,24)/t15-,17-/m0/s1. The van der Waals surface area contributed by atoms with Crippen molar-refractivity contribution in [2.75, 3.05) is 11.9 Å². The van der Waals surface area contributed by atoms with Gasteiger partial charge in [0.25, 0.3) is 0 Å². The number of rotatable bonds is 5. The fourth-order valence-corrected chi connectivity index (χ4v) is 3.18. The predicted molar refractivity (Wildman–Crippen MR) is 97.4 cm³/mol. The Kier molecular flexibility index (Phi) is 5.60. The first-order valence-electron chi connectivity index (χ1n) is 8.83. The molecule has 0 spiro atoms. The van der Waals surface area contributed by atoms with Gasteiger partial charge in [-0.05, 0) is 50.1 Å². The van der Waals surface area contributed by atoms with E-state index in [-0.39, 0.29) is 12.1 Å². The van der Waals surface area contributed by atoms with Crippen LogP contribution in [0.3, 0.4) is 0 Å². The molecule has 2 amide bonds. The third kappa shape index (κ3) is 4.33. The first-order chi connectivity index (χ1) is 12.2. The molecule has 1 aromatic heterocycles. The predicted octanol–water partition coefficient (Wildman–Crippen LogP) is 3.30. The van der Waals surface area contributed by atoms with Crippen molar-refractivity contribution in [1.29, 1.82) is 0 Å². The van der Waals surface area contributed by atoms with Crippen LogP contribution in [0.5, 0.6) is 5.75 Å². The van der Waals surface area contributed by atoms with E-state index in [4.69, 9.17) is 4.74 Å². The number of hydrogen-bond donors (Lipinski definition) is 3. The third-order valence-corrected chi connectivity index (χ3v) is 4.45. The van der Waals surface area contributed by atoms with Gasteiger partial charge >= 0.3 is 6.03 Å². The van der Waals surface area contributed by atoms with Crippen LogP contribution < -0.4 is 15.4 Å². The third-order valence-electron chi connectivity index (χ3n) is 4.45. The van der Waals surface area contributed by atoms with Gasteiger partial charge in [-0.3, -0.25) is 0 Å². The van der Waals surface area contributed by atoms with Crippen molar-refractivity contribution in [2.45, 2.75) is 44.8 Å². The van der Waals surface area contributed by atoms with E-state index >= 15 is 0 Å². The Bertz CT molecular complexity index is 700. The molecule has 6 nitrogen and oxygen atoms in total. The second-order valence-electron chi connectivity index (χ2n) is 6.26. The van der Waals surface area contributed by atoms with Gasteiger partial charge in [-0.25, -0.2) is 4.79 Å². The molecule has 1 saturated carbocycles. The molecule has 25 heavy (non-hydrogen) atoms. The van der Waals surface area contributed by atoms with Crippen molar-refractivity contribution >= 4 is 11.7 Å². The van der Waals surface area contributed by atoms with Crippen LogP contribution in [-0.2, 0) is 0 Å². The number of anilines is 1. The van der Waals surface area contributed by atoms with Crippen molar-refractivity contribution in [3.8, 4) is 11.4 Å². The van der Waals surface area contributed by atoms with E-state index in [0.29, 0.717) is 12.3 Å². The number of amides is 2. The quantitative estimate of drug-likeness (QED) is 0.780. The van der Waals surface area contributed by atoms with E-state index in [2.05, 4.69) is 10.6 Å². The Balaban J connectivity index is 1.71. The molecule has 1 aliphatic rings. The lowest BCUT2D eigenvalue weighted by molar-refractivity contribution is 0.0955. The van der Waals surface area contributed by atoms with Crippen LogP contribution in [-0.4, -0.2) is 34.5 Å². The van der Waals surface area contributed by atoms with Crippen molar-refractivity contribution in [2.24, 2.45) is 0 Å². The summed E-state index contributed by atoms with van der Waals surface area (Å²) in [5.74, 6) is 0.757. The normalized spacial score (nSPS) is 20.1. The summed E-state index contributed by atoms with van der Waals surface area (Å²) < 4.78 is 7.62. The Morgan fingerprint density at radius 3 is 2.76 bits per heavy atom. The van der Waals surface area contributed by atoms with Crippen molar-refractivity contribution in [3.05, 3.63) is 42.7 Å². The molecule has 0 unspecified atom stereocenters. The van der Waals surface area contributed by atoms with Gasteiger partial charge in [0.1, 0.15) is 5.75 Å². The van der Waals surface area contributed by atoms with Crippen LogP contribution >= 0.6 is 0 Å². The van der Waals surface area contributed by atoms with E-state index in [1.54, 1.807) is 0 Å². The molecule has 0 saturated heterocycles. The largest absolute Gasteiger partial charge is 0.492 e. The van der Waals surface area contributed by atoms with Crippen LogP contribution in [0.1, 0.15) is 32.6 Å². The topological polar surface area (TPSA) is 75.5 Å². The minimum Gasteiger partial charge on any atom is -0.492 e. The van der Waals surface area contributed by atoms with Gasteiger partial charge in [0.15, 0.2) is 0 Å². The maximum Gasteiger partial charge on any atom is 0.319 e. The molecule has 3 rings (SSSR count). The molecule has 1 heterocycles. The van der Waals surface area contributed by atoms with E-state index in [1.807, 2.05) is 54.2 Å². The zero-order valence-corrected chi connectivity index (χ0v) is 14.4. The smallest absolute Gasteiger partial charge is 0.319 e. The lowest BCUT2D eigenvalue weighted by atomic mass is 9.93. The number of carbonyl (C=O) groups is 1. The number of aromatic nitrogens is 1. The Morgan fingerprint density at radius 1 is 1.28 bits per heavy atom. The van der Waals surface area contributed by atoms with Gasteiger partial charge in [0, 0.05) is 18.1 Å². The number of aliphatic hydroxyl groups excluding tert-OH is 1. The summed E-state index contributed by atoms with van der Waals surface area (Å²) in [6.07, 6.45) is 7.00. The first-order valence-corrected chi connectivity index (χ1v) is 8.83. The SMILES string of the molecule is CCOc1ccc(NC(=O)N[C@H]2CCCC[C@@H]2O)cc1-n1cccc1. The van der Waals surface area contributed by atoms with E-state index in [9.17, 15) is 9.90 Å². The highest BCUT2D eigenvalue weighted by Gasteiger charge is 2.24. The van der Waals surface area contributed by atoms with Gasteiger partial charge in [-0.1, -0.05) is 12.8 Å². The molecule has 1 aliphatic carbocycles. The summed E-state index contributed by atoms with van der Waals surface area (Å²) in [7, 11) is 0. The van der Waals surface area contributed by atoms with Crippen molar-refractivity contribution < 1.29 is 14.6 Å². The molecule has 2 atom stereocenters. The molecular weight excluding hydrogens is 318 g/mol. The highest BCUT2D eigenvalue weighted by Crippen LogP contribution is 2.27. The lowest BCUT2D eigenvalue weighted by Gasteiger charge is -2.28. The fourth-order valence-electron chi connectivity index (χ4n) is 3.18. The molecule has 2 aromatic rings. The molecule has 0 aliphatic heterocycles. The zero-order chi connectivity index (χ0) is 17.6. The van der Waals surface area contributed by atoms with Crippen LogP contribution in [0.2, 0.25) is 0 Å². The number of nitrogens with zero attached hydrogens (tertiary/aromatic N) is 1. The number of aliphatic hydroxyl groups is 1. The number of carbonyl (C=O) groups excluding carboxylic acids is 1. The summed E-state index contributed by atoms with van der Waals surface area (Å²) >= 11 is 0. The summed E-state index contributed by atoms with van der Waals surface area (Å²) in [6.45, 7) is 2.51. The second-order valence-corrected chi connectivity index (χ2v) is 6.26. The molecule has 3 N–H and O–H groups in total. The van der Waals surface area contributed by atoms with Gasteiger partial charge < -0.3 is 25.0 Å². The molecule has 1 aromatic carbocycles. The van der Waals surface area contributed by atoms with Crippen LogP contribution in [0, 0.1) is 0 Å². The van der Waals surface area contributed by atoms with Crippen LogP contribution in [0.15, 0.2) is 42.7 Å². The summed E-state index contributed by atoms with van der Waals surface area (Å²) in [5.41, 5.74) is 1.54. The Hall–Kier alpha value is -2.47. The van der Waals surface area contributed by atoms with Gasteiger partial charge in [-0.2, -0.15) is 0 Å². The van der Waals surface area contributed by atoms with Crippen molar-refractivity contribution in [3.63, 3.8) is 0 Å². The lowest BCUT2D eigenvalue weighted by Crippen LogP contribution is -2.46. The number of nitrogens with one attached hydrogen (secondary N) is 2. The fraction of sp³-hybridized carbons (Fsp3) is 0.421. The molecular formula is C19H25N3O3.